The summed E-state index contributed by atoms with van der Waals surface area (Å²) in [5, 5.41) is 9.97. The lowest BCUT2D eigenvalue weighted by Crippen LogP contribution is -2.15. The summed E-state index contributed by atoms with van der Waals surface area (Å²) in [6.07, 6.45) is 0. The molecule has 1 heteroatoms. The normalized spacial score (nSPS) is 12.9. The monoisotopic (exact) mass is 205 g/mol. The van der Waals surface area contributed by atoms with Gasteiger partial charge in [0.1, 0.15) is 5.75 Å². The van der Waals surface area contributed by atoms with Gasteiger partial charge in [0, 0.05) is 0 Å². The van der Waals surface area contributed by atoms with Crippen molar-refractivity contribution in [2.75, 3.05) is 0 Å². The summed E-state index contributed by atoms with van der Waals surface area (Å²) >= 11 is 0. The van der Waals surface area contributed by atoms with Gasteiger partial charge < -0.3 is 5.11 Å². The molecule has 0 aliphatic rings. The predicted octanol–water partition coefficient (Wildman–Crippen LogP) is 3.79. The summed E-state index contributed by atoms with van der Waals surface area (Å²) < 4.78 is 0. The Kier molecular flexibility index (Phi) is 2.86. The third kappa shape index (κ3) is 2.74. The second kappa shape index (κ2) is 3.55. The topological polar surface area (TPSA) is 20.2 Å². The highest BCUT2D eigenvalue weighted by atomic mass is 16.3. The lowest BCUT2D eigenvalue weighted by Gasteiger charge is -2.24. The fraction of sp³-hybridized carbons (Fsp3) is 0.571. The van der Waals surface area contributed by atoms with Crippen molar-refractivity contribution >= 4 is 0 Å². The number of rotatable bonds is 0. The molecule has 0 amide bonds. The maximum atomic E-state index is 9.97. The van der Waals surface area contributed by atoms with Crippen LogP contribution in [0.4, 0.5) is 0 Å². The van der Waals surface area contributed by atoms with Crippen molar-refractivity contribution in [2.45, 2.75) is 52.4 Å². The Morgan fingerprint density at radius 2 is 1.53 bits per heavy atom. The molecule has 0 fully saturated rings. The van der Waals surface area contributed by atoms with Crippen LogP contribution in [0.5, 0.6) is 5.75 Å². The first kappa shape index (κ1) is 12.1. The molecule has 1 aromatic carbocycles. The van der Waals surface area contributed by atoms with Gasteiger partial charge in [-0.2, -0.15) is 0 Å². The molecule has 0 atom stereocenters. The van der Waals surface area contributed by atoms with Crippen LogP contribution >= 0.6 is 0 Å². The average Bonchev–Trinajstić information content (AvgIpc) is 1.99. The van der Waals surface area contributed by atoms with Crippen molar-refractivity contribution in [2.24, 2.45) is 0 Å². The highest BCUT2D eigenvalue weighted by Gasteiger charge is 2.21. The molecule has 1 aromatic rings. The third-order valence-corrected chi connectivity index (χ3v) is 2.55. The number of hydrogen-bond donors (Lipinski definition) is 1. The van der Waals surface area contributed by atoms with E-state index in [0.717, 1.165) is 11.1 Å². The van der Waals surface area contributed by atoms with Crippen LogP contribution in [-0.4, -0.2) is 5.11 Å². The van der Waals surface area contributed by atoms with E-state index in [-0.39, 0.29) is 10.8 Å². The van der Waals surface area contributed by atoms with Crippen LogP contribution in [0.3, 0.4) is 0 Å². The smallest absolute Gasteiger partial charge is 0.119 e. The highest BCUT2D eigenvalue weighted by Crippen LogP contribution is 2.33. The molecule has 1 nitrogen and oxygen atoms in total. The SMILES string of the molecule is CC(C)(C)c1[c]cc(C(C)(C)C)c(O)c1. The van der Waals surface area contributed by atoms with Crippen molar-refractivity contribution in [1.29, 1.82) is 0 Å². The number of phenolic OH excluding ortho intramolecular Hbond substituents is 1. The molecule has 0 aliphatic heterocycles. The summed E-state index contributed by atoms with van der Waals surface area (Å²) in [6.45, 7) is 12.6. The molecule has 0 heterocycles. The van der Waals surface area contributed by atoms with Crippen molar-refractivity contribution in [3.63, 3.8) is 0 Å². The summed E-state index contributed by atoms with van der Waals surface area (Å²) in [7, 11) is 0. The van der Waals surface area contributed by atoms with Crippen molar-refractivity contribution < 1.29 is 5.11 Å². The zero-order valence-electron chi connectivity index (χ0n) is 10.6. The molecule has 0 aliphatic carbocycles. The Balaban J connectivity index is 3.21. The first-order valence-corrected chi connectivity index (χ1v) is 5.38. The van der Waals surface area contributed by atoms with Gasteiger partial charge in [0.15, 0.2) is 0 Å². The van der Waals surface area contributed by atoms with Gasteiger partial charge in [0.25, 0.3) is 0 Å². The van der Waals surface area contributed by atoms with E-state index in [2.05, 4.69) is 47.6 Å². The largest absolute Gasteiger partial charge is 0.508 e. The van der Waals surface area contributed by atoms with Gasteiger partial charge in [-0.25, -0.2) is 0 Å². The van der Waals surface area contributed by atoms with Crippen LogP contribution in [0.2, 0.25) is 0 Å². The molecule has 0 aromatic heterocycles. The lowest BCUT2D eigenvalue weighted by atomic mass is 9.81. The molecule has 0 spiro atoms. The molecule has 0 saturated carbocycles. The van der Waals surface area contributed by atoms with E-state index < -0.39 is 0 Å². The summed E-state index contributed by atoms with van der Waals surface area (Å²) in [6, 6.07) is 7.01. The van der Waals surface area contributed by atoms with Crippen molar-refractivity contribution in [1.82, 2.24) is 0 Å². The van der Waals surface area contributed by atoms with Crippen molar-refractivity contribution in [3.05, 3.63) is 29.3 Å². The minimum absolute atomic E-state index is 0.0308. The first-order chi connectivity index (χ1) is 6.62. The van der Waals surface area contributed by atoms with E-state index >= 15 is 0 Å². The van der Waals surface area contributed by atoms with Crippen molar-refractivity contribution in [3.8, 4) is 5.75 Å². The van der Waals surface area contributed by atoms with Crippen LogP contribution in [0, 0.1) is 6.07 Å². The molecule has 1 N–H and O–H groups in total. The zero-order valence-corrected chi connectivity index (χ0v) is 10.6. The fourth-order valence-corrected chi connectivity index (χ4v) is 1.51. The first-order valence-electron chi connectivity index (χ1n) is 5.38. The van der Waals surface area contributed by atoms with Gasteiger partial charge in [-0.15, -0.1) is 0 Å². The zero-order chi connectivity index (χ0) is 11.9. The number of aromatic hydroxyl groups is 1. The van der Waals surface area contributed by atoms with Crippen LogP contribution in [0.25, 0.3) is 0 Å². The summed E-state index contributed by atoms with van der Waals surface area (Å²) in [5.41, 5.74) is 2.01. The van der Waals surface area contributed by atoms with E-state index in [1.54, 1.807) is 0 Å². The lowest BCUT2D eigenvalue weighted by molar-refractivity contribution is 0.443. The Morgan fingerprint density at radius 3 is 1.87 bits per heavy atom. The number of phenols is 1. The number of benzene rings is 1. The predicted molar refractivity (Wildman–Crippen MR) is 64.3 cm³/mol. The van der Waals surface area contributed by atoms with Gasteiger partial charge >= 0.3 is 0 Å². The van der Waals surface area contributed by atoms with Crippen LogP contribution in [0.1, 0.15) is 52.7 Å². The fourth-order valence-electron chi connectivity index (χ4n) is 1.51. The molecule has 83 valence electrons. The molecule has 0 unspecified atom stereocenters. The Morgan fingerprint density at radius 1 is 1.00 bits per heavy atom. The van der Waals surface area contributed by atoms with Gasteiger partial charge in [0.2, 0.25) is 0 Å². The van der Waals surface area contributed by atoms with E-state index in [1.807, 2.05) is 12.1 Å². The molecule has 0 bridgehead atoms. The van der Waals surface area contributed by atoms with E-state index in [4.69, 9.17) is 0 Å². The van der Waals surface area contributed by atoms with Gasteiger partial charge in [-0.1, -0.05) is 41.5 Å². The third-order valence-electron chi connectivity index (χ3n) is 2.55. The minimum atomic E-state index is -0.0308. The molecule has 1 rings (SSSR count). The van der Waals surface area contributed by atoms with E-state index in [0.29, 0.717) is 5.75 Å². The van der Waals surface area contributed by atoms with Crippen LogP contribution in [-0.2, 0) is 10.8 Å². The molecule has 15 heavy (non-hydrogen) atoms. The Bertz CT molecular complexity index is 351. The Hall–Kier alpha value is -0.980. The van der Waals surface area contributed by atoms with Gasteiger partial charge in [0.05, 0.1) is 0 Å². The summed E-state index contributed by atoms with van der Waals surface area (Å²) in [4.78, 5) is 0. The molecule has 0 saturated heterocycles. The van der Waals surface area contributed by atoms with Crippen LogP contribution in [0.15, 0.2) is 12.1 Å². The summed E-state index contributed by atoms with van der Waals surface area (Å²) in [5.74, 6) is 0.381. The number of hydrogen-bond acceptors (Lipinski definition) is 1. The standard InChI is InChI=1S/C14H21O/c1-13(2,3)10-7-8-11(12(15)9-10)14(4,5)6/h8-9,15H,1-6H3. The van der Waals surface area contributed by atoms with Gasteiger partial charge in [-0.3, -0.25) is 0 Å². The maximum absolute atomic E-state index is 9.97. The second-order valence-electron chi connectivity index (χ2n) is 6.15. The highest BCUT2D eigenvalue weighted by molar-refractivity contribution is 5.41. The second-order valence-corrected chi connectivity index (χ2v) is 6.15. The van der Waals surface area contributed by atoms with E-state index in [1.165, 1.54) is 0 Å². The minimum Gasteiger partial charge on any atom is -0.508 e. The van der Waals surface area contributed by atoms with Gasteiger partial charge in [-0.05, 0) is 40.2 Å². The van der Waals surface area contributed by atoms with E-state index in [9.17, 15) is 5.11 Å². The van der Waals surface area contributed by atoms with Crippen LogP contribution < -0.4 is 0 Å². The molecular weight excluding hydrogens is 184 g/mol. The quantitative estimate of drug-likeness (QED) is 0.683. The average molecular weight is 205 g/mol. The molecule has 1 radical (unpaired) electrons. The maximum Gasteiger partial charge on any atom is 0.119 e. The Labute approximate surface area is 93.1 Å². The molecular formula is C14H21O.